The molecule has 3 rings (SSSR count). The van der Waals surface area contributed by atoms with Crippen molar-refractivity contribution in [1.29, 1.82) is 0 Å². The van der Waals surface area contributed by atoms with Crippen LogP contribution in [0.2, 0.25) is 0 Å². The zero-order chi connectivity index (χ0) is 21.0. The monoisotopic (exact) mass is 416 g/mol. The van der Waals surface area contributed by atoms with E-state index in [0.717, 1.165) is 48.2 Å². The number of likely N-dealkylation sites (tertiary alicyclic amines) is 1. The number of hydrogen-bond donors (Lipinski definition) is 2. The lowest BCUT2D eigenvalue weighted by atomic mass is 9.94. The Bertz CT molecular complexity index is 828. The van der Waals surface area contributed by atoms with Crippen molar-refractivity contribution < 1.29 is 4.79 Å². The number of aryl methyl sites for hydroxylation is 2. The van der Waals surface area contributed by atoms with Gasteiger partial charge in [-0.25, -0.2) is 15.0 Å². The van der Waals surface area contributed by atoms with Gasteiger partial charge in [-0.05, 0) is 32.1 Å². The van der Waals surface area contributed by atoms with Crippen molar-refractivity contribution in [2.24, 2.45) is 11.7 Å². The summed E-state index contributed by atoms with van der Waals surface area (Å²) in [6.07, 6.45) is 5.81. The van der Waals surface area contributed by atoms with Crippen molar-refractivity contribution in [3.05, 3.63) is 28.7 Å². The third-order valence-corrected chi connectivity index (χ3v) is 6.30. The van der Waals surface area contributed by atoms with E-state index in [4.69, 9.17) is 10.7 Å². The first-order valence-electron chi connectivity index (χ1n) is 10.5. The second kappa shape index (κ2) is 9.63. The molecule has 0 spiro atoms. The average Bonchev–Trinajstić information content (AvgIpc) is 3.13. The van der Waals surface area contributed by atoms with Crippen LogP contribution in [-0.2, 0) is 11.2 Å². The number of carbonyl (C=O) groups excluding carboxylic acids is 1. The smallest absolute Gasteiger partial charge is 0.239 e. The highest BCUT2D eigenvalue weighted by molar-refractivity contribution is 7.15. The van der Waals surface area contributed by atoms with E-state index in [1.807, 2.05) is 37.9 Å². The third kappa shape index (κ3) is 5.51. The summed E-state index contributed by atoms with van der Waals surface area (Å²) in [5.41, 5.74) is 6.97. The Kier molecular flexibility index (Phi) is 7.18. The molecular weight excluding hydrogens is 384 g/mol. The van der Waals surface area contributed by atoms with Crippen molar-refractivity contribution >= 4 is 28.2 Å². The second-order valence-corrected chi connectivity index (χ2v) is 9.24. The first-order valence-corrected chi connectivity index (χ1v) is 11.3. The minimum Gasteiger partial charge on any atom is -0.341 e. The molecule has 158 valence electrons. The molecule has 3 heterocycles. The van der Waals surface area contributed by atoms with Gasteiger partial charge in [-0.3, -0.25) is 4.79 Å². The lowest BCUT2D eigenvalue weighted by molar-refractivity contribution is -0.134. The van der Waals surface area contributed by atoms with Gasteiger partial charge in [-0.2, -0.15) is 0 Å². The zero-order valence-electron chi connectivity index (χ0n) is 17.8. The van der Waals surface area contributed by atoms with E-state index >= 15 is 0 Å². The van der Waals surface area contributed by atoms with Crippen LogP contribution in [0.15, 0.2) is 12.3 Å². The number of hydrogen-bond acceptors (Lipinski definition) is 7. The molecular formula is C21H32N6OS. The maximum Gasteiger partial charge on any atom is 0.239 e. The van der Waals surface area contributed by atoms with Crippen LogP contribution < -0.4 is 11.1 Å². The molecule has 1 atom stereocenters. The molecule has 1 amide bonds. The van der Waals surface area contributed by atoms with Crippen LogP contribution in [0.3, 0.4) is 0 Å². The third-order valence-electron chi connectivity index (χ3n) is 5.33. The Morgan fingerprint density at radius 2 is 2.07 bits per heavy atom. The zero-order valence-corrected chi connectivity index (χ0v) is 18.6. The second-order valence-electron chi connectivity index (χ2n) is 8.13. The first-order chi connectivity index (χ1) is 13.9. The number of amides is 1. The number of nitrogens with two attached hydrogens (primary N) is 1. The molecule has 1 saturated heterocycles. The molecule has 29 heavy (non-hydrogen) atoms. The lowest BCUT2D eigenvalue weighted by Gasteiger charge is -2.33. The van der Waals surface area contributed by atoms with Crippen LogP contribution >= 0.6 is 11.3 Å². The average molecular weight is 417 g/mol. The molecule has 0 bridgehead atoms. The van der Waals surface area contributed by atoms with E-state index in [1.54, 1.807) is 11.3 Å². The first kappa shape index (κ1) is 21.6. The molecule has 0 aliphatic carbocycles. The van der Waals surface area contributed by atoms with Crippen molar-refractivity contribution in [3.8, 4) is 0 Å². The molecule has 3 N–H and O–H groups in total. The van der Waals surface area contributed by atoms with Gasteiger partial charge in [0.05, 0.1) is 6.04 Å². The number of nitrogens with zero attached hydrogens (tertiary/aromatic N) is 4. The molecule has 2 aromatic heterocycles. The lowest BCUT2D eigenvalue weighted by Crippen LogP contribution is -2.49. The van der Waals surface area contributed by atoms with Crippen LogP contribution in [0.1, 0.15) is 62.3 Å². The normalized spacial score (nSPS) is 16.3. The maximum absolute atomic E-state index is 12.5. The van der Waals surface area contributed by atoms with Crippen LogP contribution in [-0.4, -0.2) is 44.9 Å². The summed E-state index contributed by atoms with van der Waals surface area (Å²) in [7, 11) is 0. The van der Waals surface area contributed by atoms with E-state index in [1.165, 1.54) is 4.88 Å². The molecule has 0 radical (unpaired) electrons. The quantitative estimate of drug-likeness (QED) is 0.715. The van der Waals surface area contributed by atoms with Gasteiger partial charge in [0.2, 0.25) is 5.91 Å². The molecule has 0 saturated carbocycles. The predicted molar refractivity (Wildman–Crippen MR) is 118 cm³/mol. The van der Waals surface area contributed by atoms with E-state index in [2.05, 4.69) is 22.2 Å². The van der Waals surface area contributed by atoms with Gasteiger partial charge in [0.1, 0.15) is 11.6 Å². The van der Waals surface area contributed by atoms with Gasteiger partial charge < -0.3 is 16.0 Å². The Labute approximate surface area is 177 Å². The number of rotatable bonds is 7. The minimum absolute atomic E-state index is 0.0534. The largest absolute Gasteiger partial charge is 0.341 e. The highest BCUT2D eigenvalue weighted by Gasteiger charge is 2.29. The molecule has 8 heteroatoms. The minimum atomic E-state index is -0.423. The number of thiazole rings is 1. The van der Waals surface area contributed by atoms with Gasteiger partial charge >= 0.3 is 0 Å². The van der Waals surface area contributed by atoms with Crippen molar-refractivity contribution in [1.82, 2.24) is 19.9 Å². The molecule has 0 aromatic carbocycles. The Morgan fingerprint density at radius 3 is 2.72 bits per heavy atom. The Morgan fingerprint density at radius 1 is 1.34 bits per heavy atom. The molecule has 7 nitrogen and oxygen atoms in total. The molecule has 0 unspecified atom stereocenters. The number of carbonyl (C=O) groups is 1. The van der Waals surface area contributed by atoms with Crippen molar-refractivity contribution in [2.45, 2.75) is 65.3 Å². The van der Waals surface area contributed by atoms with E-state index < -0.39 is 6.04 Å². The summed E-state index contributed by atoms with van der Waals surface area (Å²) in [6, 6.07) is 1.53. The predicted octanol–water partition coefficient (Wildman–Crippen LogP) is 3.63. The van der Waals surface area contributed by atoms with E-state index in [0.29, 0.717) is 13.1 Å². The maximum atomic E-state index is 12.5. The summed E-state index contributed by atoms with van der Waals surface area (Å²) < 4.78 is 0. The fraction of sp³-hybridized carbons (Fsp3) is 0.619. The van der Waals surface area contributed by atoms with Crippen LogP contribution in [0.25, 0.3) is 0 Å². The van der Waals surface area contributed by atoms with Crippen molar-refractivity contribution in [2.75, 3.05) is 18.4 Å². The topological polar surface area (TPSA) is 97.0 Å². The fourth-order valence-electron chi connectivity index (χ4n) is 3.53. The highest BCUT2D eigenvalue weighted by atomic mass is 32.1. The molecule has 1 aliphatic rings. The van der Waals surface area contributed by atoms with E-state index in [9.17, 15) is 4.79 Å². The van der Waals surface area contributed by atoms with Crippen LogP contribution in [0.5, 0.6) is 0 Å². The number of nitrogens with one attached hydrogen (secondary N) is 1. The Hall–Kier alpha value is -2.06. The molecule has 1 fully saturated rings. The summed E-state index contributed by atoms with van der Waals surface area (Å²) in [5, 5.41) is 4.19. The van der Waals surface area contributed by atoms with Crippen LogP contribution in [0, 0.1) is 12.8 Å². The van der Waals surface area contributed by atoms with Crippen molar-refractivity contribution in [3.63, 3.8) is 0 Å². The molecule has 2 aromatic rings. The van der Waals surface area contributed by atoms with Crippen LogP contribution in [0.4, 0.5) is 10.9 Å². The van der Waals surface area contributed by atoms with Gasteiger partial charge in [-0.1, -0.05) is 27.2 Å². The number of piperidine rings is 1. The highest BCUT2D eigenvalue weighted by Crippen LogP contribution is 2.28. The van der Waals surface area contributed by atoms with Gasteiger partial charge in [0.15, 0.2) is 5.13 Å². The number of aromatic nitrogens is 3. The van der Waals surface area contributed by atoms with Gasteiger partial charge in [-0.15, -0.1) is 11.3 Å². The SMILES string of the molecule is CCCc1cnc(Nc2cc(C)nc(C3CCN(C(=O)[C@@H](N)C(C)C)CC3)n2)s1. The summed E-state index contributed by atoms with van der Waals surface area (Å²) in [4.78, 5) is 29.5. The summed E-state index contributed by atoms with van der Waals surface area (Å²) >= 11 is 1.67. The standard InChI is InChI=1S/C21H32N6OS/c1-5-6-16-12-23-21(29-16)26-17-11-14(4)24-19(25-17)15-7-9-27(10-8-15)20(28)18(22)13(2)3/h11-13,15,18H,5-10,22H2,1-4H3,(H,23,24,25,26)/t18-/m0/s1. The summed E-state index contributed by atoms with van der Waals surface area (Å²) in [6.45, 7) is 9.53. The van der Waals surface area contributed by atoms with Gasteiger partial charge in [0, 0.05) is 41.8 Å². The Balaban J connectivity index is 1.65. The van der Waals surface area contributed by atoms with Gasteiger partial charge in [0.25, 0.3) is 0 Å². The molecule has 1 aliphatic heterocycles. The summed E-state index contributed by atoms with van der Waals surface area (Å²) in [5.74, 6) is 2.08. The fourth-order valence-corrected chi connectivity index (χ4v) is 4.45. The number of anilines is 2. The van der Waals surface area contributed by atoms with E-state index in [-0.39, 0.29) is 17.7 Å².